The first-order valence-corrected chi connectivity index (χ1v) is 6.91. The van der Waals surface area contributed by atoms with E-state index >= 15 is 0 Å². The van der Waals surface area contributed by atoms with Gasteiger partial charge in [0.15, 0.2) is 0 Å². The number of nitro groups is 1. The number of rotatable bonds is 7. The fourth-order valence-electron chi connectivity index (χ4n) is 1.10. The van der Waals surface area contributed by atoms with Crippen molar-refractivity contribution in [2.45, 2.75) is 6.92 Å². The van der Waals surface area contributed by atoms with Crippen LogP contribution in [0.3, 0.4) is 0 Å². The second-order valence-corrected chi connectivity index (χ2v) is 5.48. The van der Waals surface area contributed by atoms with Crippen LogP contribution in [0, 0.1) is 10.1 Å². The minimum Gasteiger partial charge on any atom is -0.369 e. The molecule has 0 atom stereocenters. The summed E-state index contributed by atoms with van der Waals surface area (Å²) in [5, 5.41) is 13.2. The molecule has 100 valence electrons. The molecule has 0 saturated heterocycles. The predicted molar refractivity (Wildman–Crippen MR) is 66.8 cm³/mol. The summed E-state index contributed by atoms with van der Waals surface area (Å²) < 4.78 is 24.6. The monoisotopic (exact) mass is 274 g/mol. The zero-order chi connectivity index (χ0) is 13.6. The normalized spacial score (nSPS) is 11.2. The van der Waals surface area contributed by atoms with Crippen molar-refractivity contribution in [1.29, 1.82) is 0 Å². The smallest absolute Gasteiger partial charge is 0.287 e. The van der Waals surface area contributed by atoms with Gasteiger partial charge in [-0.25, -0.2) is 18.1 Å². The largest absolute Gasteiger partial charge is 0.369 e. The average Bonchev–Trinajstić information content (AvgIpc) is 2.35. The van der Waals surface area contributed by atoms with Crippen LogP contribution in [0.5, 0.6) is 0 Å². The summed E-state index contributed by atoms with van der Waals surface area (Å²) in [7, 11) is -3.19. The summed E-state index contributed by atoms with van der Waals surface area (Å²) in [6.45, 7) is 2.13. The Morgan fingerprint density at radius 3 is 2.61 bits per heavy atom. The number of anilines is 1. The van der Waals surface area contributed by atoms with Crippen molar-refractivity contribution in [3.63, 3.8) is 0 Å². The maximum absolute atomic E-state index is 11.1. The maximum Gasteiger partial charge on any atom is 0.287 e. The van der Waals surface area contributed by atoms with Gasteiger partial charge in [-0.2, -0.15) is 0 Å². The van der Waals surface area contributed by atoms with E-state index in [0.29, 0.717) is 12.4 Å². The molecule has 0 unspecified atom stereocenters. The van der Waals surface area contributed by atoms with E-state index in [4.69, 9.17) is 0 Å². The molecule has 0 saturated carbocycles. The lowest BCUT2D eigenvalue weighted by atomic mass is 10.4. The van der Waals surface area contributed by atoms with Gasteiger partial charge in [0.2, 0.25) is 10.0 Å². The molecule has 0 radical (unpaired) electrons. The van der Waals surface area contributed by atoms with E-state index in [1.807, 2.05) is 0 Å². The van der Waals surface area contributed by atoms with E-state index in [0.717, 1.165) is 6.20 Å². The fourth-order valence-corrected chi connectivity index (χ4v) is 1.71. The van der Waals surface area contributed by atoms with Crippen molar-refractivity contribution in [3.05, 3.63) is 28.4 Å². The van der Waals surface area contributed by atoms with Crippen LogP contribution in [0.2, 0.25) is 0 Å². The van der Waals surface area contributed by atoms with Gasteiger partial charge in [-0.1, -0.05) is 0 Å². The minimum absolute atomic E-state index is 0.0305. The lowest BCUT2D eigenvalue weighted by molar-refractivity contribution is -0.385. The number of sulfonamides is 1. The highest BCUT2D eigenvalue weighted by Gasteiger charge is 2.06. The summed E-state index contributed by atoms with van der Waals surface area (Å²) in [4.78, 5) is 13.7. The molecular weight excluding hydrogens is 260 g/mol. The van der Waals surface area contributed by atoms with Gasteiger partial charge in [0, 0.05) is 19.2 Å². The Morgan fingerprint density at radius 2 is 2.11 bits per heavy atom. The van der Waals surface area contributed by atoms with Crippen LogP contribution in [-0.4, -0.2) is 37.2 Å². The average molecular weight is 274 g/mol. The van der Waals surface area contributed by atoms with Crippen LogP contribution < -0.4 is 10.0 Å². The van der Waals surface area contributed by atoms with E-state index < -0.39 is 14.9 Å². The second-order valence-electron chi connectivity index (χ2n) is 3.38. The van der Waals surface area contributed by atoms with Crippen molar-refractivity contribution in [2.75, 3.05) is 24.2 Å². The number of nitrogens with zero attached hydrogens (tertiary/aromatic N) is 2. The Bertz CT molecular complexity index is 500. The van der Waals surface area contributed by atoms with Crippen molar-refractivity contribution in [2.24, 2.45) is 0 Å². The zero-order valence-corrected chi connectivity index (χ0v) is 10.6. The SMILES string of the molecule is CCS(=O)(=O)NCCNc1ccc([N+](=O)[O-])cn1. The summed E-state index contributed by atoms with van der Waals surface area (Å²) in [5.74, 6) is 0.485. The van der Waals surface area contributed by atoms with Crippen LogP contribution in [0.1, 0.15) is 6.92 Å². The highest BCUT2D eigenvalue weighted by atomic mass is 32.2. The quantitative estimate of drug-likeness (QED) is 0.421. The van der Waals surface area contributed by atoms with Gasteiger partial charge in [0.25, 0.3) is 5.69 Å². The molecule has 0 fully saturated rings. The second kappa shape index (κ2) is 6.26. The molecule has 2 N–H and O–H groups in total. The highest BCUT2D eigenvalue weighted by Crippen LogP contribution is 2.11. The molecule has 9 heteroatoms. The number of hydrogen-bond donors (Lipinski definition) is 2. The Morgan fingerprint density at radius 1 is 1.39 bits per heavy atom. The van der Waals surface area contributed by atoms with Crippen LogP contribution in [-0.2, 0) is 10.0 Å². The molecule has 1 heterocycles. The van der Waals surface area contributed by atoms with Crippen molar-refractivity contribution < 1.29 is 13.3 Å². The molecule has 1 aromatic heterocycles. The van der Waals surface area contributed by atoms with E-state index in [1.165, 1.54) is 12.1 Å². The van der Waals surface area contributed by atoms with Crippen LogP contribution in [0.15, 0.2) is 18.3 Å². The van der Waals surface area contributed by atoms with Crippen molar-refractivity contribution >= 4 is 21.5 Å². The van der Waals surface area contributed by atoms with Gasteiger partial charge < -0.3 is 5.32 Å². The molecule has 0 bridgehead atoms. The summed E-state index contributed by atoms with van der Waals surface area (Å²) in [6, 6.07) is 2.79. The Kier molecular flexibility index (Phi) is 4.98. The Hall–Kier alpha value is -1.74. The van der Waals surface area contributed by atoms with Crippen molar-refractivity contribution in [3.8, 4) is 0 Å². The van der Waals surface area contributed by atoms with Crippen LogP contribution >= 0.6 is 0 Å². The molecule has 0 aliphatic carbocycles. The van der Waals surface area contributed by atoms with Gasteiger partial charge >= 0.3 is 0 Å². The summed E-state index contributed by atoms with van der Waals surface area (Å²) in [6.07, 6.45) is 1.14. The van der Waals surface area contributed by atoms with Crippen LogP contribution in [0.4, 0.5) is 11.5 Å². The molecule has 0 amide bonds. The maximum atomic E-state index is 11.1. The van der Waals surface area contributed by atoms with E-state index in [-0.39, 0.29) is 18.0 Å². The predicted octanol–water partition coefficient (Wildman–Crippen LogP) is 0.341. The van der Waals surface area contributed by atoms with Gasteiger partial charge in [0.05, 0.1) is 10.7 Å². The highest BCUT2D eigenvalue weighted by molar-refractivity contribution is 7.89. The lowest BCUT2D eigenvalue weighted by Gasteiger charge is -2.06. The van der Waals surface area contributed by atoms with E-state index in [9.17, 15) is 18.5 Å². The standard InChI is InChI=1S/C9H14N4O4S/c1-2-18(16,17)12-6-5-10-9-4-3-8(7-11-9)13(14)15/h3-4,7,12H,2,5-6H2,1H3,(H,10,11). The number of hydrogen-bond acceptors (Lipinski definition) is 6. The van der Waals surface area contributed by atoms with Gasteiger partial charge in [-0.05, 0) is 13.0 Å². The number of pyridine rings is 1. The molecular formula is C9H14N4O4S. The number of aromatic nitrogens is 1. The van der Waals surface area contributed by atoms with E-state index in [2.05, 4.69) is 15.0 Å². The zero-order valence-electron chi connectivity index (χ0n) is 9.79. The molecule has 0 aliphatic rings. The third-order valence-corrected chi connectivity index (χ3v) is 3.50. The Balaban J connectivity index is 2.38. The van der Waals surface area contributed by atoms with Gasteiger partial charge in [-0.15, -0.1) is 0 Å². The third kappa shape index (κ3) is 4.63. The lowest BCUT2D eigenvalue weighted by Crippen LogP contribution is -2.30. The summed E-state index contributed by atoms with van der Waals surface area (Å²) >= 11 is 0. The minimum atomic E-state index is -3.19. The first-order valence-electron chi connectivity index (χ1n) is 5.26. The summed E-state index contributed by atoms with van der Waals surface area (Å²) in [5.41, 5.74) is -0.0905. The molecule has 1 aromatic rings. The van der Waals surface area contributed by atoms with Crippen LogP contribution in [0.25, 0.3) is 0 Å². The van der Waals surface area contributed by atoms with Crippen molar-refractivity contribution in [1.82, 2.24) is 9.71 Å². The van der Waals surface area contributed by atoms with E-state index in [1.54, 1.807) is 6.92 Å². The third-order valence-electron chi connectivity index (χ3n) is 2.09. The first kappa shape index (κ1) is 14.3. The topological polar surface area (TPSA) is 114 Å². The van der Waals surface area contributed by atoms with Gasteiger partial charge in [0.1, 0.15) is 12.0 Å². The molecule has 0 aliphatic heterocycles. The molecule has 18 heavy (non-hydrogen) atoms. The fraction of sp³-hybridized carbons (Fsp3) is 0.444. The first-order chi connectivity index (χ1) is 8.44. The molecule has 0 aromatic carbocycles. The number of nitrogens with one attached hydrogen (secondary N) is 2. The molecule has 1 rings (SSSR count). The van der Waals surface area contributed by atoms with Gasteiger partial charge in [-0.3, -0.25) is 10.1 Å². The Labute approximate surface area is 105 Å². The molecule has 8 nitrogen and oxygen atoms in total. The molecule has 0 spiro atoms.